The molecule has 1 aromatic carbocycles. The van der Waals surface area contributed by atoms with Gasteiger partial charge in [0.05, 0.1) is 10.1 Å². The SMILES string of the molecule is CNC1C(S(=O)(=O)c2cccc(Br)c2)CCC1(C)C. The summed E-state index contributed by atoms with van der Waals surface area (Å²) >= 11 is 3.34. The zero-order valence-electron chi connectivity index (χ0n) is 11.5. The average molecular weight is 346 g/mol. The molecule has 1 fully saturated rings. The topological polar surface area (TPSA) is 46.2 Å². The van der Waals surface area contributed by atoms with Crippen LogP contribution in [0.1, 0.15) is 26.7 Å². The Balaban J connectivity index is 2.41. The first-order chi connectivity index (χ1) is 8.79. The second-order valence-corrected chi connectivity index (χ2v) is 8.92. The van der Waals surface area contributed by atoms with Gasteiger partial charge in [0.1, 0.15) is 0 Å². The summed E-state index contributed by atoms with van der Waals surface area (Å²) in [6, 6.07) is 6.97. The maximum Gasteiger partial charge on any atom is 0.182 e. The molecule has 0 bridgehead atoms. The van der Waals surface area contributed by atoms with Crippen molar-refractivity contribution in [1.29, 1.82) is 0 Å². The molecule has 106 valence electrons. The quantitative estimate of drug-likeness (QED) is 0.915. The third-order valence-electron chi connectivity index (χ3n) is 4.12. The molecule has 0 aromatic heterocycles. The molecule has 1 aliphatic carbocycles. The molecule has 1 aliphatic rings. The summed E-state index contributed by atoms with van der Waals surface area (Å²) in [7, 11) is -1.44. The van der Waals surface area contributed by atoms with Gasteiger partial charge in [-0.2, -0.15) is 0 Å². The van der Waals surface area contributed by atoms with Crippen LogP contribution in [0.3, 0.4) is 0 Å². The van der Waals surface area contributed by atoms with E-state index in [2.05, 4.69) is 35.1 Å². The lowest BCUT2D eigenvalue weighted by Gasteiger charge is -2.30. The highest BCUT2D eigenvalue weighted by molar-refractivity contribution is 9.10. The van der Waals surface area contributed by atoms with Crippen LogP contribution in [0.5, 0.6) is 0 Å². The van der Waals surface area contributed by atoms with Gasteiger partial charge in [0, 0.05) is 10.5 Å². The molecule has 0 spiro atoms. The van der Waals surface area contributed by atoms with Crippen LogP contribution in [0.2, 0.25) is 0 Å². The Morgan fingerprint density at radius 1 is 1.37 bits per heavy atom. The van der Waals surface area contributed by atoms with Crippen molar-refractivity contribution >= 4 is 25.8 Å². The lowest BCUT2D eigenvalue weighted by Crippen LogP contribution is -2.45. The van der Waals surface area contributed by atoms with Gasteiger partial charge in [-0.25, -0.2) is 8.42 Å². The third-order valence-corrected chi connectivity index (χ3v) is 6.83. The van der Waals surface area contributed by atoms with Gasteiger partial charge in [-0.15, -0.1) is 0 Å². The maximum absolute atomic E-state index is 12.8. The van der Waals surface area contributed by atoms with Crippen molar-refractivity contribution in [1.82, 2.24) is 5.32 Å². The number of benzene rings is 1. The molecule has 19 heavy (non-hydrogen) atoms. The van der Waals surface area contributed by atoms with E-state index in [1.54, 1.807) is 18.2 Å². The standard InChI is InChI=1S/C14H20BrNO2S/c1-14(2)8-7-12(13(14)16-3)19(17,18)11-6-4-5-10(15)9-11/h4-6,9,12-13,16H,7-8H2,1-3H3. The highest BCUT2D eigenvalue weighted by Gasteiger charge is 2.47. The molecule has 1 aromatic rings. The predicted molar refractivity (Wildman–Crippen MR) is 81.0 cm³/mol. The summed E-state index contributed by atoms with van der Waals surface area (Å²) in [5.41, 5.74) is 0.0124. The Hall–Kier alpha value is -0.390. The van der Waals surface area contributed by atoms with Crippen molar-refractivity contribution in [2.75, 3.05) is 7.05 Å². The van der Waals surface area contributed by atoms with Gasteiger partial charge in [-0.05, 0) is 43.5 Å². The normalized spacial score (nSPS) is 26.5. The lowest BCUT2D eigenvalue weighted by atomic mass is 9.87. The summed E-state index contributed by atoms with van der Waals surface area (Å²) in [5, 5.41) is 2.86. The molecule has 1 saturated carbocycles. The van der Waals surface area contributed by atoms with E-state index in [4.69, 9.17) is 0 Å². The molecule has 0 amide bonds. The first kappa shape index (κ1) is 15.0. The van der Waals surface area contributed by atoms with Crippen molar-refractivity contribution in [3.8, 4) is 0 Å². The highest BCUT2D eigenvalue weighted by Crippen LogP contribution is 2.42. The number of sulfone groups is 1. The van der Waals surface area contributed by atoms with E-state index in [-0.39, 0.29) is 16.7 Å². The summed E-state index contributed by atoms with van der Waals surface area (Å²) < 4.78 is 26.4. The molecule has 0 heterocycles. The first-order valence-electron chi connectivity index (χ1n) is 6.46. The average Bonchev–Trinajstić information content (AvgIpc) is 2.64. The van der Waals surface area contributed by atoms with E-state index in [0.29, 0.717) is 11.3 Å². The van der Waals surface area contributed by atoms with E-state index in [9.17, 15) is 8.42 Å². The lowest BCUT2D eigenvalue weighted by molar-refractivity contribution is 0.297. The van der Waals surface area contributed by atoms with Gasteiger partial charge in [-0.3, -0.25) is 0 Å². The minimum atomic E-state index is -3.29. The molecule has 2 unspecified atom stereocenters. The minimum Gasteiger partial charge on any atom is -0.315 e. The van der Waals surface area contributed by atoms with Gasteiger partial charge >= 0.3 is 0 Å². The molecule has 2 rings (SSSR count). The fourth-order valence-electron chi connectivity index (χ4n) is 3.07. The molecule has 0 saturated heterocycles. The number of halogens is 1. The van der Waals surface area contributed by atoms with Crippen LogP contribution in [-0.2, 0) is 9.84 Å². The summed E-state index contributed by atoms with van der Waals surface area (Å²) in [6.45, 7) is 4.26. The highest BCUT2D eigenvalue weighted by atomic mass is 79.9. The first-order valence-corrected chi connectivity index (χ1v) is 8.80. The van der Waals surface area contributed by atoms with Crippen LogP contribution in [0.4, 0.5) is 0 Å². The Bertz CT molecular complexity index is 569. The van der Waals surface area contributed by atoms with Crippen molar-refractivity contribution in [3.63, 3.8) is 0 Å². The number of rotatable bonds is 3. The Kier molecular flexibility index (Phi) is 4.10. The molecular formula is C14H20BrNO2S. The second-order valence-electron chi connectivity index (χ2n) is 5.83. The molecule has 3 nitrogen and oxygen atoms in total. The van der Waals surface area contributed by atoms with Crippen LogP contribution in [0, 0.1) is 5.41 Å². The van der Waals surface area contributed by atoms with Crippen molar-refractivity contribution in [2.24, 2.45) is 5.41 Å². The van der Waals surface area contributed by atoms with Gasteiger partial charge < -0.3 is 5.32 Å². The second kappa shape index (κ2) is 5.19. The number of hydrogen-bond donors (Lipinski definition) is 1. The van der Waals surface area contributed by atoms with E-state index in [1.165, 1.54) is 0 Å². The van der Waals surface area contributed by atoms with Crippen LogP contribution in [0.15, 0.2) is 33.6 Å². The van der Waals surface area contributed by atoms with Crippen molar-refractivity contribution in [2.45, 2.75) is 42.9 Å². The zero-order chi connectivity index (χ0) is 14.3. The molecule has 0 radical (unpaired) electrons. The van der Waals surface area contributed by atoms with Crippen molar-refractivity contribution < 1.29 is 8.42 Å². The van der Waals surface area contributed by atoms with E-state index in [0.717, 1.165) is 10.9 Å². The molecule has 1 N–H and O–H groups in total. The molecular weight excluding hydrogens is 326 g/mol. The van der Waals surface area contributed by atoms with Crippen LogP contribution in [-0.4, -0.2) is 26.8 Å². The van der Waals surface area contributed by atoms with Crippen LogP contribution >= 0.6 is 15.9 Å². The van der Waals surface area contributed by atoms with Crippen molar-refractivity contribution in [3.05, 3.63) is 28.7 Å². The Morgan fingerprint density at radius 2 is 2.05 bits per heavy atom. The van der Waals surface area contributed by atoms with Gasteiger partial charge in [-0.1, -0.05) is 35.8 Å². The Morgan fingerprint density at radius 3 is 2.63 bits per heavy atom. The van der Waals surface area contributed by atoms with E-state index < -0.39 is 9.84 Å². The summed E-state index contributed by atoms with van der Waals surface area (Å²) in [4.78, 5) is 0.407. The fourth-order valence-corrected chi connectivity index (χ4v) is 5.82. The summed E-state index contributed by atoms with van der Waals surface area (Å²) in [5.74, 6) is 0. The molecule has 5 heteroatoms. The maximum atomic E-state index is 12.8. The number of nitrogens with one attached hydrogen (secondary N) is 1. The smallest absolute Gasteiger partial charge is 0.182 e. The van der Waals surface area contributed by atoms with E-state index in [1.807, 2.05) is 13.1 Å². The molecule has 0 aliphatic heterocycles. The van der Waals surface area contributed by atoms with Gasteiger partial charge in [0.25, 0.3) is 0 Å². The minimum absolute atomic E-state index is 0.00326. The Labute approximate surface area is 123 Å². The molecule has 2 atom stereocenters. The monoisotopic (exact) mass is 345 g/mol. The number of hydrogen-bond acceptors (Lipinski definition) is 3. The predicted octanol–water partition coefficient (Wildman–Crippen LogP) is 3.00. The van der Waals surface area contributed by atoms with E-state index >= 15 is 0 Å². The summed E-state index contributed by atoms with van der Waals surface area (Å²) in [6.07, 6.45) is 1.64. The zero-order valence-corrected chi connectivity index (χ0v) is 13.9. The fraction of sp³-hybridized carbons (Fsp3) is 0.571. The van der Waals surface area contributed by atoms with Gasteiger partial charge in [0.2, 0.25) is 0 Å². The van der Waals surface area contributed by atoms with Gasteiger partial charge in [0.15, 0.2) is 9.84 Å². The third kappa shape index (κ3) is 2.73. The van der Waals surface area contributed by atoms with Crippen LogP contribution < -0.4 is 5.32 Å². The largest absolute Gasteiger partial charge is 0.315 e. The van der Waals surface area contributed by atoms with Crippen LogP contribution in [0.25, 0.3) is 0 Å².